The molecule has 0 bridgehead atoms. The molecule has 0 aliphatic rings. The summed E-state index contributed by atoms with van der Waals surface area (Å²) < 4.78 is 6.37. The molecule has 0 radical (unpaired) electrons. The molecule has 2 aromatic carbocycles. The number of amidine groups is 1. The third-order valence-corrected chi connectivity index (χ3v) is 3.36. The fraction of sp³-hybridized carbons (Fsp3) is 0. The Labute approximate surface area is 128 Å². The van der Waals surface area contributed by atoms with E-state index in [1.165, 1.54) is 0 Å². The highest BCUT2D eigenvalue weighted by atomic mass is 79.9. The molecule has 2 aromatic rings. The number of nitrogens with one attached hydrogen (secondary N) is 1. The van der Waals surface area contributed by atoms with E-state index in [1.54, 1.807) is 36.4 Å². The SMILES string of the molecule is N=C(N)c1ccc(Oc2cc(Cl)cc(Cl)c2)c(Br)c1. The van der Waals surface area contributed by atoms with Gasteiger partial charge in [-0.25, -0.2) is 0 Å². The maximum absolute atomic E-state index is 7.36. The molecule has 6 heteroatoms. The molecule has 0 atom stereocenters. The maximum Gasteiger partial charge on any atom is 0.141 e. The monoisotopic (exact) mass is 358 g/mol. The van der Waals surface area contributed by atoms with Crippen LogP contribution in [0.3, 0.4) is 0 Å². The molecule has 0 fully saturated rings. The van der Waals surface area contributed by atoms with Gasteiger partial charge in [0.2, 0.25) is 0 Å². The van der Waals surface area contributed by atoms with Crippen molar-refractivity contribution < 1.29 is 4.74 Å². The normalized spacial score (nSPS) is 10.3. The molecule has 3 N–H and O–H groups in total. The van der Waals surface area contributed by atoms with Crippen LogP contribution in [0.15, 0.2) is 40.9 Å². The average molecular weight is 360 g/mol. The van der Waals surface area contributed by atoms with Crippen molar-refractivity contribution in [3.8, 4) is 11.5 Å². The topological polar surface area (TPSA) is 59.1 Å². The van der Waals surface area contributed by atoms with Gasteiger partial charge in [0, 0.05) is 15.6 Å². The van der Waals surface area contributed by atoms with Gasteiger partial charge in [-0.15, -0.1) is 0 Å². The van der Waals surface area contributed by atoms with Crippen LogP contribution in [0.25, 0.3) is 0 Å². The van der Waals surface area contributed by atoms with Gasteiger partial charge in [0.05, 0.1) is 4.47 Å². The quantitative estimate of drug-likeness (QED) is 0.608. The summed E-state index contributed by atoms with van der Waals surface area (Å²) in [6, 6.07) is 10.1. The molecule has 0 spiro atoms. The van der Waals surface area contributed by atoms with E-state index in [0.717, 1.165) is 0 Å². The van der Waals surface area contributed by atoms with E-state index in [4.69, 9.17) is 39.1 Å². The van der Waals surface area contributed by atoms with Crippen molar-refractivity contribution in [2.24, 2.45) is 5.73 Å². The van der Waals surface area contributed by atoms with Gasteiger partial charge < -0.3 is 10.5 Å². The highest BCUT2D eigenvalue weighted by Gasteiger charge is 2.07. The van der Waals surface area contributed by atoms with Crippen LogP contribution in [0.4, 0.5) is 0 Å². The molecule has 98 valence electrons. The number of benzene rings is 2. The van der Waals surface area contributed by atoms with Crippen molar-refractivity contribution in [2.45, 2.75) is 0 Å². The van der Waals surface area contributed by atoms with E-state index < -0.39 is 0 Å². The Balaban J connectivity index is 2.30. The summed E-state index contributed by atoms with van der Waals surface area (Å²) in [6.07, 6.45) is 0. The fourth-order valence-electron chi connectivity index (χ4n) is 1.47. The fourth-order valence-corrected chi connectivity index (χ4v) is 2.43. The minimum absolute atomic E-state index is 0.00181. The van der Waals surface area contributed by atoms with E-state index in [0.29, 0.717) is 31.6 Å². The Kier molecular flexibility index (Phi) is 4.34. The van der Waals surface area contributed by atoms with Crippen LogP contribution in [0, 0.1) is 5.41 Å². The van der Waals surface area contributed by atoms with Crippen molar-refractivity contribution >= 4 is 45.0 Å². The van der Waals surface area contributed by atoms with Gasteiger partial charge in [-0.2, -0.15) is 0 Å². The predicted molar refractivity (Wildman–Crippen MR) is 81.7 cm³/mol. The summed E-state index contributed by atoms with van der Waals surface area (Å²) in [5.74, 6) is 1.12. The van der Waals surface area contributed by atoms with Crippen LogP contribution >= 0.6 is 39.1 Å². The first-order valence-electron chi connectivity index (χ1n) is 5.23. The number of hydrogen-bond acceptors (Lipinski definition) is 2. The smallest absolute Gasteiger partial charge is 0.141 e. The summed E-state index contributed by atoms with van der Waals surface area (Å²) >= 11 is 15.2. The lowest BCUT2D eigenvalue weighted by Crippen LogP contribution is -2.10. The van der Waals surface area contributed by atoms with E-state index >= 15 is 0 Å². The molecule has 0 unspecified atom stereocenters. The number of rotatable bonds is 3. The molecule has 0 aliphatic heterocycles. The molecule has 0 aromatic heterocycles. The molecule has 19 heavy (non-hydrogen) atoms. The van der Waals surface area contributed by atoms with Gasteiger partial charge in [0.1, 0.15) is 17.3 Å². The van der Waals surface area contributed by atoms with Gasteiger partial charge in [-0.3, -0.25) is 5.41 Å². The zero-order valence-electron chi connectivity index (χ0n) is 9.58. The maximum atomic E-state index is 7.36. The first-order chi connectivity index (χ1) is 8.95. The molecule has 2 rings (SSSR count). The molecule has 0 saturated heterocycles. The number of halogens is 3. The van der Waals surface area contributed by atoms with Crippen molar-refractivity contribution in [1.82, 2.24) is 0 Å². The largest absolute Gasteiger partial charge is 0.456 e. The Morgan fingerprint density at radius 3 is 2.26 bits per heavy atom. The van der Waals surface area contributed by atoms with E-state index in [1.807, 2.05) is 0 Å². The summed E-state index contributed by atoms with van der Waals surface area (Å²) in [5, 5.41) is 8.36. The highest BCUT2D eigenvalue weighted by molar-refractivity contribution is 9.10. The molecule has 0 heterocycles. The van der Waals surface area contributed by atoms with Crippen LogP contribution in [0.2, 0.25) is 10.0 Å². The lowest BCUT2D eigenvalue weighted by Gasteiger charge is -2.09. The van der Waals surface area contributed by atoms with E-state index in [2.05, 4.69) is 15.9 Å². The zero-order chi connectivity index (χ0) is 14.0. The Morgan fingerprint density at radius 1 is 1.11 bits per heavy atom. The summed E-state index contributed by atoms with van der Waals surface area (Å²) in [7, 11) is 0. The van der Waals surface area contributed by atoms with Crippen molar-refractivity contribution in [2.75, 3.05) is 0 Å². The Hall–Kier alpha value is -1.23. The lowest BCUT2D eigenvalue weighted by atomic mass is 10.2. The minimum atomic E-state index is -0.00181. The number of ether oxygens (including phenoxy) is 1. The molecule has 0 aliphatic carbocycles. The lowest BCUT2D eigenvalue weighted by molar-refractivity contribution is 0.479. The number of hydrogen-bond donors (Lipinski definition) is 2. The van der Waals surface area contributed by atoms with E-state index in [9.17, 15) is 0 Å². The van der Waals surface area contributed by atoms with Crippen molar-refractivity contribution in [3.63, 3.8) is 0 Å². The second-order valence-electron chi connectivity index (χ2n) is 3.77. The zero-order valence-corrected chi connectivity index (χ0v) is 12.7. The molecular weight excluding hydrogens is 351 g/mol. The molecule has 0 amide bonds. The van der Waals surface area contributed by atoms with Crippen LogP contribution in [0.1, 0.15) is 5.56 Å². The Bertz CT molecular complexity index is 626. The summed E-state index contributed by atoms with van der Waals surface area (Å²) in [6.45, 7) is 0. The van der Waals surface area contributed by atoms with Gasteiger partial charge in [0.25, 0.3) is 0 Å². The highest BCUT2D eigenvalue weighted by Crippen LogP contribution is 2.33. The minimum Gasteiger partial charge on any atom is -0.456 e. The number of nitrogen functional groups attached to an aromatic ring is 1. The molecule has 3 nitrogen and oxygen atoms in total. The first kappa shape index (κ1) is 14.2. The standard InChI is InChI=1S/C13H9BrCl2N2O/c14-11-3-7(13(17)18)1-2-12(11)19-10-5-8(15)4-9(16)6-10/h1-6H,(H3,17,18). The third-order valence-electron chi connectivity index (χ3n) is 2.31. The van der Waals surface area contributed by atoms with Crippen LogP contribution < -0.4 is 10.5 Å². The van der Waals surface area contributed by atoms with E-state index in [-0.39, 0.29) is 5.84 Å². The number of nitrogens with two attached hydrogens (primary N) is 1. The van der Waals surface area contributed by atoms with Crippen LogP contribution in [-0.2, 0) is 0 Å². The molecule has 0 saturated carbocycles. The van der Waals surface area contributed by atoms with Crippen LogP contribution in [-0.4, -0.2) is 5.84 Å². The average Bonchev–Trinajstić information content (AvgIpc) is 2.30. The summed E-state index contributed by atoms with van der Waals surface area (Å²) in [5.41, 5.74) is 6.03. The van der Waals surface area contributed by atoms with Gasteiger partial charge in [-0.05, 0) is 52.3 Å². The van der Waals surface area contributed by atoms with Gasteiger partial charge in [0.15, 0.2) is 0 Å². The van der Waals surface area contributed by atoms with Crippen molar-refractivity contribution in [1.29, 1.82) is 5.41 Å². The second kappa shape index (κ2) is 5.82. The van der Waals surface area contributed by atoms with Crippen molar-refractivity contribution in [3.05, 3.63) is 56.5 Å². The third kappa shape index (κ3) is 3.62. The predicted octanol–water partition coefficient (Wildman–Crippen LogP) is 4.83. The van der Waals surface area contributed by atoms with Gasteiger partial charge in [-0.1, -0.05) is 23.2 Å². The Morgan fingerprint density at radius 2 is 1.74 bits per heavy atom. The first-order valence-corrected chi connectivity index (χ1v) is 6.78. The van der Waals surface area contributed by atoms with Crippen LogP contribution in [0.5, 0.6) is 11.5 Å². The summed E-state index contributed by atoms with van der Waals surface area (Å²) in [4.78, 5) is 0. The second-order valence-corrected chi connectivity index (χ2v) is 5.49. The van der Waals surface area contributed by atoms with Gasteiger partial charge >= 0.3 is 0 Å². The molecular formula is C13H9BrCl2N2O.